The van der Waals surface area contributed by atoms with E-state index in [-0.39, 0.29) is 81.9 Å². The van der Waals surface area contributed by atoms with E-state index < -0.39 is 53.5 Å². The minimum atomic E-state index is -4.71. The number of thiazole rings is 3. The fraction of sp³-hybridized carbons (Fsp3) is 0.354. The summed E-state index contributed by atoms with van der Waals surface area (Å²) in [6, 6.07) is 38.6. The number of benzene rings is 5. The Morgan fingerprint density at radius 2 is 0.939 bits per heavy atom. The molecular formula is C96H112F3N27O15S7. The maximum Gasteiger partial charge on any atom is 0.433 e. The van der Waals surface area contributed by atoms with Crippen molar-refractivity contribution in [2.75, 3.05) is 148 Å². The van der Waals surface area contributed by atoms with Crippen molar-refractivity contribution in [2.45, 2.75) is 153 Å². The van der Waals surface area contributed by atoms with Gasteiger partial charge in [-0.05, 0) is 175 Å². The number of aromatic nitrogens is 13. The van der Waals surface area contributed by atoms with Crippen LogP contribution in [0, 0.1) is 20.8 Å². The summed E-state index contributed by atoms with van der Waals surface area (Å²) in [5, 5.41) is 44.0. The molecule has 2 fully saturated rings. The van der Waals surface area contributed by atoms with Crippen LogP contribution in [-0.2, 0) is 97.0 Å². The van der Waals surface area contributed by atoms with Crippen LogP contribution in [0.3, 0.4) is 0 Å². The fourth-order valence-electron chi connectivity index (χ4n) is 15.0. The van der Waals surface area contributed by atoms with E-state index in [9.17, 15) is 62.4 Å². The summed E-state index contributed by atoms with van der Waals surface area (Å²) in [5.74, 6) is 3.25. The number of piperidine rings is 1. The SMILES string of the molecule is CC(=O)N1CCc2ccc(Nc3nc(NCc4ccc(S(N)(=O)=O)cc4)cc(C(F)(F)F)n3)cc21.CCOC(=O)c1sc(Nc2nc(NCCCN3CCCC3=O)cc(NCc3ccc(S(C)(=O)=O)cc3)n2)nc1C.CCOC(=O)c1sc(Nc2nc(NCc3ccc(-c4csnn4)cc3)cc(N3CCCCC3)n2)nc1C.CCOC(=O)c1sc(Nc2nc(NCc3ccc(S(C)(=O)=O)cc3)cc(NC(C)COC)n2)nc1C. The molecule has 0 aliphatic carbocycles. The molecule has 2 amide bonds. The van der Waals surface area contributed by atoms with Crippen LogP contribution in [0.4, 0.5) is 104 Å². The summed E-state index contributed by atoms with van der Waals surface area (Å²) in [5.41, 5.74) is 8.06. The lowest BCUT2D eigenvalue weighted by atomic mass is 10.1. The van der Waals surface area contributed by atoms with Gasteiger partial charge in [0.2, 0.25) is 45.6 Å². The summed E-state index contributed by atoms with van der Waals surface area (Å²) >= 11 is 4.90. The largest absolute Gasteiger partial charge is 0.462 e. The van der Waals surface area contributed by atoms with Gasteiger partial charge in [0.25, 0.3) is 0 Å². The fourth-order valence-corrected chi connectivity index (χ4v) is 19.8. The van der Waals surface area contributed by atoms with E-state index >= 15 is 0 Å². The van der Waals surface area contributed by atoms with Crippen molar-refractivity contribution >= 4 is 196 Å². The van der Waals surface area contributed by atoms with Crippen molar-refractivity contribution in [1.29, 1.82) is 0 Å². The number of sulfonamides is 1. The number of ether oxygens (including phenoxy) is 4. The Kier molecular flexibility index (Phi) is 38.4. The molecule has 42 nitrogen and oxygen atoms in total. The van der Waals surface area contributed by atoms with Gasteiger partial charge in [0, 0.05) is 151 Å². The Balaban J connectivity index is 0.000000165. The number of sulfone groups is 2. The molecule has 1 atom stereocenters. The van der Waals surface area contributed by atoms with E-state index in [1.807, 2.05) is 35.4 Å². The number of halogens is 3. The third-order valence-electron chi connectivity index (χ3n) is 22.3. The number of hydrogen-bond acceptors (Lipinski definition) is 43. The number of nitrogens with one attached hydrogen (secondary N) is 10. The smallest absolute Gasteiger partial charge is 0.433 e. The molecule has 148 heavy (non-hydrogen) atoms. The molecule has 8 aromatic heterocycles. The van der Waals surface area contributed by atoms with Crippen molar-refractivity contribution in [2.24, 2.45) is 5.14 Å². The van der Waals surface area contributed by atoms with Crippen LogP contribution in [0.5, 0.6) is 0 Å². The number of carbonyl (C=O) groups excluding carboxylic acids is 5. The van der Waals surface area contributed by atoms with E-state index in [0.717, 1.165) is 113 Å². The molecular weight excluding hydrogens is 2050 g/mol. The molecule has 2 saturated heterocycles. The Morgan fingerprint density at radius 3 is 1.37 bits per heavy atom. The predicted octanol–water partition coefficient (Wildman–Crippen LogP) is 15.9. The van der Waals surface area contributed by atoms with E-state index in [2.05, 4.69) is 125 Å². The zero-order chi connectivity index (χ0) is 106. The van der Waals surface area contributed by atoms with Gasteiger partial charge in [-0.15, -0.1) is 5.10 Å². The second-order valence-electron chi connectivity index (χ2n) is 33.8. The van der Waals surface area contributed by atoms with Gasteiger partial charge in [0.15, 0.2) is 40.8 Å². The monoisotopic (exact) mass is 2160 g/mol. The van der Waals surface area contributed by atoms with Crippen molar-refractivity contribution in [3.8, 4) is 11.3 Å². The molecule has 13 aromatic rings. The van der Waals surface area contributed by atoms with Gasteiger partial charge in [-0.25, -0.2) is 64.7 Å². The topological polar surface area (TPSA) is 548 Å². The number of nitrogens with two attached hydrogens (primary N) is 1. The summed E-state index contributed by atoms with van der Waals surface area (Å²) in [7, 11) is -8.75. The van der Waals surface area contributed by atoms with Crippen LogP contribution >= 0.6 is 45.5 Å². The number of esters is 3. The first-order valence-electron chi connectivity index (χ1n) is 46.8. The number of rotatable bonds is 40. The zero-order valence-electron chi connectivity index (χ0n) is 82.6. The first kappa shape index (κ1) is 111. The van der Waals surface area contributed by atoms with E-state index in [0.29, 0.717) is 164 Å². The van der Waals surface area contributed by atoms with Crippen LogP contribution < -0.4 is 68.1 Å². The Labute approximate surface area is 869 Å². The first-order valence-corrected chi connectivity index (χ1v) is 55.4. The molecule has 16 rings (SSSR count). The number of aryl methyl sites for hydroxylation is 3. The predicted molar refractivity (Wildman–Crippen MR) is 564 cm³/mol. The number of nitrogens with zero attached hydrogens (tertiary/aromatic N) is 16. The van der Waals surface area contributed by atoms with E-state index in [1.54, 1.807) is 132 Å². The average Bonchev–Trinajstić information content (AvgIpc) is 1.15. The van der Waals surface area contributed by atoms with Gasteiger partial charge in [-0.3, -0.25) is 25.5 Å². The van der Waals surface area contributed by atoms with Gasteiger partial charge in [0.1, 0.15) is 61.1 Å². The molecule has 784 valence electrons. The van der Waals surface area contributed by atoms with E-state index in [4.69, 9.17) is 34.1 Å². The Morgan fingerprint density at radius 1 is 0.500 bits per heavy atom. The number of fused-ring (bicyclic) bond motifs is 1. The summed E-state index contributed by atoms with van der Waals surface area (Å²) in [4.78, 5) is 116. The van der Waals surface area contributed by atoms with Crippen molar-refractivity contribution < 1.29 is 81.3 Å². The number of methoxy groups -OCH3 is 1. The highest BCUT2D eigenvalue weighted by molar-refractivity contribution is 7.91. The van der Waals surface area contributed by atoms with Crippen molar-refractivity contribution in [3.63, 3.8) is 0 Å². The van der Waals surface area contributed by atoms with Gasteiger partial charge in [-0.2, -0.15) is 48.1 Å². The second-order valence-corrected chi connectivity index (χ2v) is 43.0. The molecule has 0 spiro atoms. The van der Waals surface area contributed by atoms with Crippen LogP contribution in [0.1, 0.15) is 153 Å². The molecule has 3 aliphatic heterocycles. The highest BCUT2D eigenvalue weighted by atomic mass is 32.2. The zero-order valence-corrected chi connectivity index (χ0v) is 88.3. The normalized spacial score (nSPS) is 13.1. The number of amides is 2. The minimum absolute atomic E-state index is 0.00772. The van der Waals surface area contributed by atoms with Gasteiger partial charge in [-0.1, -0.05) is 105 Å². The maximum absolute atomic E-state index is 13.5. The van der Waals surface area contributed by atoms with Crippen LogP contribution in [0.2, 0.25) is 0 Å². The molecule has 0 bridgehead atoms. The summed E-state index contributed by atoms with van der Waals surface area (Å²) in [6.45, 7) is 21.4. The number of likely N-dealkylation sites (tertiary alicyclic amines) is 1. The first-order chi connectivity index (χ1) is 70.7. The number of anilines is 16. The number of primary sulfonamides is 1. The average molecular weight is 2170 g/mol. The molecule has 3 aliphatic rings. The van der Waals surface area contributed by atoms with Gasteiger partial charge < -0.3 is 70.9 Å². The summed E-state index contributed by atoms with van der Waals surface area (Å²) < 4.78 is 134. The van der Waals surface area contributed by atoms with E-state index in [1.165, 1.54) is 73.0 Å². The van der Waals surface area contributed by atoms with Crippen molar-refractivity contribution in [3.05, 3.63) is 210 Å². The van der Waals surface area contributed by atoms with Crippen LogP contribution in [-0.4, -0.2) is 216 Å². The molecule has 5 aromatic carbocycles. The lowest BCUT2D eigenvalue weighted by molar-refractivity contribution is -0.141. The standard InChI is InChI=1S/C26H33N7O5S2.C25H28N8O2S2.C23H30N6O5S2.C22H21F3N6O3S/c1-4-38-24(35)23-17(2)29-26(39-23)32-25-30-20(27-12-6-14-33-13-5-7-22(33)34)15-21(31-25)28-16-18-8-10-19(11-9-18)40(3,36)37;1-3-35-23(34)22-16(2)27-25(37-22)30-24-28-20(13-21(29-24)33-11-5-4-6-12-33)26-14-17-7-9-18(10-8-17)19-15-36-32-31-19;1-6-34-21(30)20-15(3)26-23(35-20)29-22-27-18(11-19(28-22)25-14(2)13-33-4)24-12-16-7-9-17(10-8-16)36(5,31)32;1-13(32)31-9-8-15-4-5-16(10-18(15)31)28-21-29-19(22(23,24)25)11-20(30-21)27-12-14-2-6-17(7-3-14)35(26,33)34/h8-11,15H,4-7,12-14,16H2,1-3H3,(H3,27,28,29,30,31,32);7-10,13,15H,3-6,11-12,14H2,1-2H3,(H2,26,27,28,29,30);7-11,14H,6,12-13H2,1-5H3,(H3,24,25,26,27,28,29);2-7,10-11H,8-9,12H2,1H3,(H2,26,33,34)(H2,27,28,29,30). The third kappa shape index (κ3) is 32.3. The molecule has 1 unspecified atom stereocenters. The molecule has 52 heteroatoms. The molecule has 12 N–H and O–H groups in total. The Bertz CT molecular complexity index is 7160. The number of alkyl halides is 3. The van der Waals surface area contributed by atoms with Crippen molar-refractivity contribution in [1.82, 2.24) is 69.3 Å². The third-order valence-corrected chi connectivity index (χ3v) is 29.1. The molecule has 0 saturated carbocycles. The lowest BCUT2D eigenvalue weighted by Gasteiger charge is -2.28. The van der Waals surface area contributed by atoms with Crippen LogP contribution in [0.15, 0.2) is 160 Å². The van der Waals surface area contributed by atoms with Crippen LogP contribution in [0.25, 0.3) is 11.3 Å². The maximum atomic E-state index is 13.5. The number of carbonyl (C=O) groups is 5. The number of hydrogen-bond donors (Lipinski definition) is 11. The highest BCUT2D eigenvalue weighted by Crippen LogP contribution is 2.37. The van der Waals surface area contributed by atoms with Gasteiger partial charge >= 0.3 is 24.1 Å². The summed E-state index contributed by atoms with van der Waals surface area (Å²) in [6.07, 6.45) is 4.15. The Hall–Kier alpha value is -14.4. The second kappa shape index (κ2) is 51.3. The minimum Gasteiger partial charge on any atom is -0.462 e. The highest BCUT2D eigenvalue weighted by Gasteiger charge is 2.35. The molecule has 0 radical (unpaired) electrons. The quantitative estimate of drug-likeness (QED) is 0.00965. The van der Waals surface area contributed by atoms with Gasteiger partial charge in [0.05, 0.1) is 58.2 Å². The lowest BCUT2D eigenvalue weighted by Crippen LogP contribution is -2.30. The molecule has 11 heterocycles.